The third kappa shape index (κ3) is 3.31. The zero-order valence-corrected chi connectivity index (χ0v) is 9.54. The molecule has 1 unspecified atom stereocenters. The van der Waals surface area contributed by atoms with Crippen LogP contribution in [0.5, 0.6) is 11.5 Å². The van der Waals surface area contributed by atoms with E-state index in [4.69, 9.17) is 20.3 Å². The summed E-state index contributed by atoms with van der Waals surface area (Å²) in [6.07, 6.45) is 0. The molecular weight excluding hydrogens is 226 g/mol. The molecule has 0 aromatic heterocycles. The maximum Gasteiger partial charge on any atom is 0.328 e. The average molecular weight is 243 g/mol. The summed E-state index contributed by atoms with van der Waals surface area (Å²) in [5, 5.41) is 28.3. The van der Waals surface area contributed by atoms with Crippen molar-refractivity contribution in [2.75, 3.05) is 20.3 Å². The quantitative estimate of drug-likeness (QED) is 0.491. The number of aliphatic hydroxyl groups is 3. The maximum atomic E-state index is 9.69. The van der Waals surface area contributed by atoms with Crippen molar-refractivity contribution in [1.82, 2.24) is 0 Å². The molecule has 0 fully saturated rings. The fourth-order valence-electron chi connectivity index (χ4n) is 1.30. The van der Waals surface area contributed by atoms with E-state index in [0.29, 0.717) is 5.75 Å². The molecule has 0 amide bonds. The number of methoxy groups -OCH3 is 1. The molecular formula is C11H17NO5. The molecule has 0 aliphatic carbocycles. The van der Waals surface area contributed by atoms with E-state index in [2.05, 4.69) is 0 Å². The summed E-state index contributed by atoms with van der Waals surface area (Å²) in [7, 11) is 1.44. The van der Waals surface area contributed by atoms with Gasteiger partial charge in [0, 0.05) is 6.54 Å². The number of aliphatic hydroxyl groups excluding tert-OH is 1. The Bertz CT molecular complexity index is 351. The highest BCUT2D eigenvalue weighted by Gasteiger charge is 2.36. The van der Waals surface area contributed by atoms with E-state index in [-0.39, 0.29) is 12.3 Å². The van der Waals surface area contributed by atoms with Crippen molar-refractivity contribution in [3.8, 4) is 11.5 Å². The largest absolute Gasteiger partial charge is 0.493 e. The lowest BCUT2D eigenvalue weighted by atomic mass is 10.1. The summed E-state index contributed by atoms with van der Waals surface area (Å²) < 4.78 is 10.0. The lowest BCUT2D eigenvalue weighted by Crippen LogP contribution is -2.48. The average Bonchev–Trinajstić information content (AvgIpc) is 2.30. The van der Waals surface area contributed by atoms with Crippen molar-refractivity contribution in [2.45, 2.75) is 5.97 Å². The third-order valence-corrected chi connectivity index (χ3v) is 2.37. The highest BCUT2D eigenvalue weighted by atomic mass is 16.8. The summed E-state index contributed by atoms with van der Waals surface area (Å²) >= 11 is 0. The van der Waals surface area contributed by atoms with E-state index in [0.717, 1.165) is 0 Å². The van der Waals surface area contributed by atoms with Gasteiger partial charge in [0.1, 0.15) is 0 Å². The van der Waals surface area contributed by atoms with Gasteiger partial charge in [-0.25, -0.2) is 0 Å². The van der Waals surface area contributed by atoms with E-state index in [1.54, 1.807) is 18.2 Å². The highest BCUT2D eigenvalue weighted by Crippen LogP contribution is 2.30. The molecule has 1 aromatic carbocycles. The van der Waals surface area contributed by atoms with Crippen LogP contribution in [0.1, 0.15) is 0 Å². The molecule has 1 atom stereocenters. The smallest absolute Gasteiger partial charge is 0.328 e. The molecule has 0 radical (unpaired) electrons. The zero-order chi connectivity index (χ0) is 12.9. The van der Waals surface area contributed by atoms with Gasteiger partial charge in [0.25, 0.3) is 0 Å². The van der Waals surface area contributed by atoms with Gasteiger partial charge in [0.15, 0.2) is 11.5 Å². The number of ether oxygens (including phenoxy) is 2. The van der Waals surface area contributed by atoms with Gasteiger partial charge in [-0.2, -0.15) is 0 Å². The van der Waals surface area contributed by atoms with Crippen molar-refractivity contribution >= 4 is 0 Å². The molecule has 17 heavy (non-hydrogen) atoms. The Balaban J connectivity index is 2.88. The van der Waals surface area contributed by atoms with Crippen molar-refractivity contribution in [3.05, 3.63) is 24.3 Å². The van der Waals surface area contributed by atoms with Gasteiger partial charge in [0.2, 0.25) is 0 Å². The Kier molecular flexibility index (Phi) is 4.71. The minimum atomic E-state index is -2.54. The number of rotatable bonds is 6. The van der Waals surface area contributed by atoms with Crippen LogP contribution in [0, 0.1) is 5.92 Å². The standard InChI is InChI=1S/C11H17NO5/c1-16-9-4-2-3-5-10(9)17-11(14,15)8(6-12)7-13/h2-5,8,13-15H,6-7,12H2,1H3. The molecule has 0 aliphatic heterocycles. The van der Waals surface area contributed by atoms with Crippen LogP contribution in [0.4, 0.5) is 0 Å². The summed E-state index contributed by atoms with van der Waals surface area (Å²) in [6, 6.07) is 6.51. The fourth-order valence-corrected chi connectivity index (χ4v) is 1.30. The van der Waals surface area contributed by atoms with E-state index >= 15 is 0 Å². The summed E-state index contributed by atoms with van der Waals surface area (Å²) in [6.45, 7) is -0.628. The van der Waals surface area contributed by atoms with Crippen LogP contribution in [0.15, 0.2) is 24.3 Å². The molecule has 6 heteroatoms. The van der Waals surface area contributed by atoms with E-state index in [1.807, 2.05) is 0 Å². The molecule has 0 spiro atoms. The molecule has 0 bridgehead atoms. The molecule has 1 rings (SSSR count). The maximum absolute atomic E-state index is 9.69. The lowest BCUT2D eigenvalue weighted by Gasteiger charge is -2.29. The van der Waals surface area contributed by atoms with Gasteiger partial charge in [-0.05, 0) is 12.1 Å². The minimum Gasteiger partial charge on any atom is -0.493 e. The second kappa shape index (κ2) is 5.83. The molecule has 5 N–H and O–H groups in total. The van der Waals surface area contributed by atoms with Gasteiger partial charge >= 0.3 is 5.97 Å². The molecule has 0 aliphatic rings. The van der Waals surface area contributed by atoms with Crippen LogP contribution in [-0.2, 0) is 0 Å². The van der Waals surface area contributed by atoms with Crippen LogP contribution in [0.3, 0.4) is 0 Å². The zero-order valence-electron chi connectivity index (χ0n) is 9.54. The predicted octanol–water partition coefficient (Wildman–Crippen LogP) is -0.720. The number of nitrogens with two attached hydrogens (primary N) is 1. The van der Waals surface area contributed by atoms with Crippen LogP contribution >= 0.6 is 0 Å². The lowest BCUT2D eigenvalue weighted by molar-refractivity contribution is -0.325. The van der Waals surface area contributed by atoms with Crippen LogP contribution in [-0.4, -0.2) is 41.6 Å². The molecule has 96 valence electrons. The number of hydrogen-bond acceptors (Lipinski definition) is 6. The summed E-state index contributed by atoms with van der Waals surface area (Å²) in [4.78, 5) is 0. The predicted molar refractivity (Wildman–Crippen MR) is 60.4 cm³/mol. The molecule has 0 saturated carbocycles. The van der Waals surface area contributed by atoms with Crippen molar-refractivity contribution in [1.29, 1.82) is 0 Å². The van der Waals surface area contributed by atoms with Gasteiger partial charge in [-0.15, -0.1) is 0 Å². The highest BCUT2D eigenvalue weighted by molar-refractivity contribution is 5.39. The van der Waals surface area contributed by atoms with Crippen molar-refractivity contribution < 1.29 is 24.8 Å². The van der Waals surface area contributed by atoms with Gasteiger partial charge in [-0.1, -0.05) is 12.1 Å². The first kappa shape index (κ1) is 13.7. The first-order valence-electron chi connectivity index (χ1n) is 5.12. The number of para-hydroxylation sites is 2. The molecule has 0 heterocycles. The SMILES string of the molecule is COc1ccccc1OC(O)(O)C(CN)CO. The Morgan fingerprint density at radius 2 is 1.88 bits per heavy atom. The Labute approximate surface area is 99.2 Å². The van der Waals surface area contributed by atoms with Gasteiger partial charge in [0.05, 0.1) is 19.6 Å². The van der Waals surface area contributed by atoms with Crippen LogP contribution < -0.4 is 15.2 Å². The number of hydrogen-bond donors (Lipinski definition) is 4. The Hall–Kier alpha value is -1.34. The molecule has 0 saturated heterocycles. The first-order valence-corrected chi connectivity index (χ1v) is 5.12. The second-order valence-corrected chi connectivity index (χ2v) is 3.53. The van der Waals surface area contributed by atoms with Gasteiger partial charge < -0.3 is 30.5 Å². The Morgan fingerprint density at radius 3 is 2.35 bits per heavy atom. The topological polar surface area (TPSA) is 105 Å². The van der Waals surface area contributed by atoms with Crippen molar-refractivity contribution in [2.24, 2.45) is 11.7 Å². The van der Waals surface area contributed by atoms with E-state index < -0.39 is 18.5 Å². The van der Waals surface area contributed by atoms with Crippen LogP contribution in [0.2, 0.25) is 0 Å². The molecule has 1 aromatic rings. The van der Waals surface area contributed by atoms with Crippen molar-refractivity contribution in [3.63, 3.8) is 0 Å². The van der Waals surface area contributed by atoms with E-state index in [1.165, 1.54) is 13.2 Å². The van der Waals surface area contributed by atoms with Crippen LogP contribution in [0.25, 0.3) is 0 Å². The molecule has 6 nitrogen and oxygen atoms in total. The monoisotopic (exact) mass is 243 g/mol. The summed E-state index contributed by atoms with van der Waals surface area (Å²) in [5.74, 6) is -3.04. The minimum absolute atomic E-state index is 0.126. The third-order valence-electron chi connectivity index (χ3n) is 2.37. The van der Waals surface area contributed by atoms with E-state index in [9.17, 15) is 10.2 Å². The summed E-state index contributed by atoms with van der Waals surface area (Å²) in [5.41, 5.74) is 5.30. The number of benzene rings is 1. The van der Waals surface area contributed by atoms with Gasteiger partial charge in [-0.3, -0.25) is 0 Å². The Morgan fingerprint density at radius 1 is 1.29 bits per heavy atom. The fraction of sp³-hybridized carbons (Fsp3) is 0.455. The first-order chi connectivity index (χ1) is 8.05. The second-order valence-electron chi connectivity index (χ2n) is 3.53. The normalized spacial score (nSPS) is 13.2.